The van der Waals surface area contributed by atoms with E-state index >= 15 is 0 Å². The average Bonchev–Trinajstić information content (AvgIpc) is 2.88. The number of primary amides is 1. The number of rotatable bonds is 3. The molecule has 1 amide bonds. The molecular weight excluding hydrogens is 256 g/mol. The molecule has 2 aromatic heterocycles. The topological polar surface area (TPSA) is 82.5 Å². The number of fused-ring (bicyclic) bond motifs is 1. The van der Waals surface area contributed by atoms with Crippen molar-refractivity contribution in [1.82, 2.24) is 14.6 Å². The molecule has 1 aromatic carbocycles. The van der Waals surface area contributed by atoms with Crippen LogP contribution in [0.5, 0.6) is 11.6 Å². The number of carbonyl (C=O) groups is 1. The SMILES string of the molecule is Cc1cccc(Oc2ccc(C(N)=O)c3ncnn23)c1. The van der Waals surface area contributed by atoms with Crippen LogP contribution < -0.4 is 10.5 Å². The Morgan fingerprint density at radius 1 is 1.30 bits per heavy atom. The van der Waals surface area contributed by atoms with E-state index in [2.05, 4.69) is 10.1 Å². The van der Waals surface area contributed by atoms with E-state index in [0.29, 0.717) is 22.8 Å². The molecule has 2 N–H and O–H groups in total. The first kappa shape index (κ1) is 12.2. The van der Waals surface area contributed by atoms with Crippen molar-refractivity contribution in [3.63, 3.8) is 0 Å². The van der Waals surface area contributed by atoms with Crippen molar-refractivity contribution in [1.29, 1.82) is 0 Å². The summed E-state index contributed by atoms with van der Waals surface area (Å²) >= 11 is 0. The Bertz CT molecular complexity index is 795. The fraction of sp³-hybridized carbons (Fsp3) is 0.0714. The number of nitrogens with zero attached hydrogens (tertiary/aromatic N) is 3. The van der Waals surface area contributed by atoms with Crippen LogP contribution in [0, 0.1) is 6.92 Å². The fourth-order valence-corrected chi connectivity index (χ4v) is 1.96. The van der Waals surface area contributed by atoms with Gasteiger partial charge in [-0.3, -0.25) is 4.79 Å². The lowest BCUT2D eigenvalue weighted by atomic mass is 10.2. The van der Waals surface area contributed by atoms with E-state index in [1.54, 1.807) is 12.1 Å². The van der Waals surface area contributed by atoms with Gasteiger partial charge in [-0.15, -0.1) is 0 Å². The second kappa shape index (κ2) is 4.65. The number of nitrogens with two attached hydrogens (primary N) is 1. The lowest BCUT2D eigenvalue weighted by molar-refractivity contribution is 0.100. The van der Waals surface area contributed by atoms with Crippen molar-refractivity contribution < 1.29 is 9.53 Å². The van der Waals surface area contributed by atoms with Crippen molar-refractivity contribution in [2.75, 3.05) is 0 Å². The summed E-state index contributed by atoms with van der Waals surface area (Å²) in [5, 5.41) is 4.05. The maximum absolute atomic E-state index is 11.3. The van der Waals surface area contributed by atoms with Crippen molar-refractivity contribution in [3.8, 4) is 11.6 Å². The van der Waals surface area contributed by atoms with Gasteiger partial charge in [-0.05, 0) is 30.7 Å². The predicted molar refractivity (Wildman–Crippen MR) is 72.8 cm³/mol. The highest BCUT2D eigenvalue weighted by atomic mass is 16.5. The Kier molecular flexibility index (Phi) is 2.83. The first-order chi connectivity index (χ1) is 9.65. The van der Waals surface area contributed by atoms with E-state index in [-0.39, 0.29) is 0 Å². The number of hydrogen-bond donors (Lipinski definition) is 1. The number of aryl methyl sites for hydroxylation is 1. The van der Waals surface area contributed by atoms with Crippen LogP contribution in [0.25, 0.3) is 5.65 Å². The van der Waals surface area contributed by atoms with Gasteiger partial charge in [-0.25, -0.2) is 4.98 Å². The fourth-order valence-electron chi connectivity index (χ4n) is 1.96. The molecule has 6 heteroatoms. The molecule has 0 aliphatic rings. The summed E-state index contributed by atoms with van der Waals surface area (Å²) in [5.41, 5.74) is 7.07. The van der Waals surface area contributed by atoms with Gasteiger partial charge in [0.15, 0.2) is 5.65 Å². The van der Waals surface area contributed by atoms with Gasteiger partial charge in [-0.2, -0.15) is 9.61 Å². The molecule has 0 radical (unpaired) electrons. The number of benzene rings is 1. The lowest BCUT2D eigenvalue weighted by Gasteiger charge is -2.08. The summed E-state index contributed by atoms with van der Waals surface area (Å²) in [4.78, 5) is 15.4. The predicted octanol–water partition coefficient (Wildman–Crippen LogP) is 1.93. The second-order valence-electron chi connectivity index (χ2n) is 4.36. The van der Waals surface area contributed by atoms with Crippen LogP contribution in [0.4, 0.5) is 0 Å². The Hall–Kier alpha value is -2.89. The summed E-state index contributed by atoms with van der Waals surface area (Å²) in [6, 6.07) is 10.9. The molecule has 0 spiro atoms. The molecule has 0 atom stereocenters. The van der Waals surface area contributed by atoms with Crippen LogP contribution in [0.2, 0.25) is 0 Å². The molecular formula is C14H12N4O2. The standard InChI is InChI=1S/C14H12N4O2/c1-9-3-2-4-10(7-9)20-12-6-5-11(13(15)19)14-16-8-17-18(12)14/h2-8H,1H3,(H2,15,19). The maximum Gasteiger partial charge on any atom is 0.252 e. The Morgan fingerprint density at radius 3 is 2.90 bits per heavy atom. The molecule has 0 bridgehead atoms. The summed E-state index contributed by atoms with van der Waals surface area (Å²) in [5.74, 6) is 0.604. The molecule has 2 heterocycles. The van der Waals surface area contributed by atoms with E-state index in [9.17, 15) is 4.79 Å². The van der Waals surface area contributed by atoms with Gasteiger partial charge in [0, 0.05) is 6.07 Å². The maximum atomic E-state index is 11.3. The number of pyridine rings is 1. The van der Waals surface area contributed by atoms with Gasteiger partial charge >= 0.3 is 0 Å². The number of amides is 1. The summed E-state index contributed by atoms with van der Waals surface area (Å²) in [6.45, 7) is 1.98. The van der Waals surface area contributed by atoms with Gasteiger partial charge in [0.05, 0.1) is 5.56 Å². The van der Waals surface area contributed by atoms with E-state index < -0.39 is 5.91 Å². The molecule has 100 valence electrons. The third-order valence-corrected chi connectivity index (χ3v) is 2.87. The van der Waals surface area contributed by atoms with E-state index in [0.717, 1.165) is 5.56 Å². The third-order valence-electron chi connectivity index (χ3n) is 2.87. The van der Waals surface area contributed by atoms with Crippen molar-refractivity contribution in [2.24, 2.45) is 5.73 Å². The van der Waals surface area contributed by atoms with Crippen molar-refractivity contribution in [3.05, 3.63) is 53.9 Å². The van der Waals surface area contributed by atoms with E-state index in [4.69, 9.17) is 10.5 Å². The quantitative estimate of drug-likeness (QED) is 0.786. The highest BCUT2D eigenvalue weighted by molar-refractivity contribution is 5.98. The largest absolute Gasteiger partial charge is 0.439 e. The van der Waals surface area contributed by atoms with Gasteiger partial charge in [0.2, 0.25) is 5.88 Å². The van der Waals surface area contributed by atoms with Crippen LogP contribution in [0.15, 0.2) is 42.7 Å². The summed E-state index contributed by atoms with van der Waals surface area (Å²) in [6.07, 6.45) is 1.35. The van der Waals surface area contributed by atoms with E-state index in [1.807, 2.05) is 31.2 Å². The Balaban J connectivity index is 2.07. The minimum Gasteiger partial charge on any atom is -0.439 e. The molecule has 0 saturated heterocycles. The zero-order valence-electron chi connectivity index (χ0n) is 10.8. The number of hydrogen-bond acceptors (Lipinski definition) is 4. The molecule has 0 unspecified atom stereocenters. The van der Waals surface area contributed by atoms with Crippen molar-refractivity contribution in [2.45, 2.75) is 6.92 Å². The van der Waals surface area contributed by atoms with Gasteiger partial charge in [0.25, 0.3) is 5.91 Å². The highest BCUT2D eigenvalue weighted by Crippen LogP contribution is 2.23. The normalized spacial score (nSPS) is 10.7. The van der Waals surface area contributed by atoms with Crippen molar-refractivity contribution >= 4 is 11.6 Å². The van der Waals surface area contributed by atoms with Gasteiger partial charge in [-0.1, -0.05) is 12.1 Å². The molecule has 0 saturated carbocycles. The summed E-state index contributed by atoms with van der Waals surface area (Å²) in [7, 11) is 0. The highest BCUT2D eigenvalue weighted by Gasteiger charge is 2.13. The van der Waals surface area contributed by atoms with Crippen LogP contribution >= 0.6 is 0 Å². The molecule has 3 rings (SSSR count). The first-order valence-electron chi connectivity index (χ1n) is 6.02. The monoisotopic (exact) mass is 268 g/mol. The number of ether oxygens (including phenoxy) is 1. The molecule has 0 fully saturated rings. The molecule has 6 nitrogen and oxygen atoms in total. The van der Waals surface area contributed by atoms with Gasteiger partial charge in [0.1, 0.15) is 12.1 Å². The minimum absolute atomic E-state index is 0.305. The van der Waals surface area contributed by atoms with Crippen LogP contribution in [0.1, 0.15) is 15.9 Å². The Labute approximate surface area is 114 Å². The number of carbonyl (C=O) groups excluding carboxylic acids is 1. The average molecular weight is 268 g/mol. The zero-order valence-corrected chi connectivity index (χ0v) is 10.8. The zero-order chi connectivity index (χ0) is 14.1. The molecule has 20 heavy (non-hydrogen) atoms. The minimum atomic E-state index is -0.551. The second-order valence-corrected chi connectivity index (χ2v) is 4.36. The first-order valence-corrected chi connectivity index (χ1v) is 6.02. The number of aromatic nitrogens is 3. The van der Waals surface area contributed by atoms with Crippen LogP contribution in [0.3, 0.4) is 0 Å². The van der Waals surface area contributed by atoms with Crippen LogP contribution in [-0.2, 0) is 0 Å². The van der Waals surface area contributed by atoms with E-state index in [1.165, 1.54) is 10.8 Å². The Morgan fingerprint density at radius 2 is 2.15 bits per heavy atom. The van der Waals surface area contributed by atoms with Gasteiger partial charge < -0.3 is 10.5 Å². The molecule has 0 aliphatic heterocycles. The summed E-state index contributed by atoms with van der Waals surface area (Å²) < 4.78 is 7.22. The third kappa shape index (κ3) is 2.07. The molecule has 0 aliphatic carbocycles. The molecule has 3 aromatic rings. The lowest BCUT2D eigenvalue weighted by Crippen LogP contribution is -2.13. The van der Waals surface area contributed by atoms with Crippen LogP contribution in [-0.4, -0.2) is 20.5 Å². The smallest absolute Gasteiger partial charge is 0.252 e.